The van der Waals surface area contributed by atoms with Crippen molar-refractivity contribution in [2.45, 2.75) is 88.7 Å². The number of nitrogens with zero attached hydrogens (tertiary/aromatic N) is 1. The molecule has 5 fully saturated rings. The van der Waals surface area contributed by atoms with Crippen LogP contribution < -0.4 is 10.6 Å². The number of amides is 2. The average Bonchev–Trinajstić information content (AvgIpc) is 3.14. The second kappa shape index (κ2) is 14.9. The molecule has 7 nitrogen and oxygen atoms in total. The van der Waals surface area contributed by atoms with Crippen LogP contribution in [0, 0.1) is 17.8 Å². The highest BCUT2D eigenvalue weighted by Gasteiger charge is 2.51. The Morgan fingerprint density at radius 1 is 0.765 bits per heavy atom. The Hall–Kier alpha value is -4.01. The van der Waals surface area contributed by atoms with E-state index in [4.69, 9.17) is 9.47 Å². The first-order valence-corrected chi connectivity index (χ1v) is 18.9. The molecule has 4 bridgehead atoms. The van der Waals surface area contributed by atoms with Crippen LogP contribution in [-0.2, 0) is 29.2 Å². The molecule has 1 heterocycles. The van der Waals surface area contributed by atoms with E-state index in [9.17, 15) is 9.90 Å². The summed E-state index contributed by atoms with van der Waals surface area (Å²) < 4.78 is 13.3. The standard InChI is InChI=1S/C44H51N3O4/c1-47(27-30-7-3-2-4-8-30)28-39-22-41(36-13-11-31(29-48)12-14-36)51-42(50-39)37-17-15-35(16-18-37)40-10-6-5-9-38(40)26-45-43(49)46-44-23-32-19-33(24-44)21-34(20-32)25-44/h2-18,32-34,39,41-42,48H,19-29H2,1H3,(H2,45,46,49)/t32?,33?,34?,39-,41+,42+,44?/m0/s1. The molecule has 2 amide bonds. The highest BCUT2D eigenvalue weighted by atomic mass is 16.7. The van der Waals surface area contributed by atoms with Gasteiger partial charge in [-0.2, -0.15) is 0 Å². The second-order valence-corrected chi connectivity index (χ2v) is 15.8. The maximum absolute atomic E-state index is 13.3. The Bertz CT molecular complexity index is 1740. The Kier molecular flexibility index (Phi) is 9.97. The topological polar surface area (TPSA) is 83.1 Å². The zero-order valence-electron chi connectivity index (χ0n) is 29.7. The van der Waals surface area contributed by atoms with E-state index in [0.717, 1.165) is 89.9 Å². The number of benzene rings is 4. The van der Waals surface area contributed by atoms with Crippen molar-refractivity contribution in [2.24, 2.45) is 17.8 Å². The predicted molar refractivity (Wildman–Crippen MR) is 199 cm³/mol. The van der Waals surface area contributed by atoms with Crippen LogP contribution in [0.4, 0.5) is 4.79 Å². The molecule has 4 aromatic rings. The smallest absolute Gasteiger partial charge is 0.315 e. The summed E-state index contributed by atoms with van der Waals surface area (Å²) in [6.07, 6.45) is 7.57. The summed E-state index contributed by atoms with van der Waals surface area (Å²) in [5.41, 5.74) is 7.48. The summed E-state index contributed by atoms with van der Waals surface area (Å²) in [4.78, 5) is 15.6. The molecule has 4 saturated carbocycles. The number of urea groups is 1. The first-order valence-electron chi connectivity index (χ1n) is 18.9. The average molecular weight is 686 g/mol. The maximum atomic E-state index is 13.3. The van der Waals surface area contributed by atoms with Gasteiger partial charge >= 0.3 is 6.03 Å². The highest BCUT2D eigenvalue weighted by molar-refractivity contribution is 5.76. The van der Waals surface area contributed by atoms with Gasteiger partial charge in [0.1, 0.15) is 0 Å². The fourth-order valence-corrected chi connectivity index (χ4v) is 9.84. The molecule has 0 spiro atoms. The molecule has 51 heavy (non-hydrogen) atoms. The summed E-state index contributed by atoms with van der Waals surface area (Å²) in [7, 11) is 2.14. The Morgan fingerprint density at radius 2 is 1.41 bits per heavy atom. The van der Waals surface area contributed by atoms with Crippen LogP contribution in [0.25, 0.3) is 11.1 Å². The van der Waals surface area contributed by atoms with Crippen molar-refractivity contribution in [1.82, 2.24) is 15.5 Å². The van der Waals surface area contributed by atoms with E-state index in [1.54, 1.807) is 0 Å². The second-order valence-electron chi connectivity index (χ2n) is 15.8. The molecular weight excluding hydrogens is 635 g/mol. The van der Waals surface area contributed by atoms with Gasteiger partial charge in [0.2, 0.25) is 0 Å². The quantitative estimate of drug-likeness (QED) is 0.148. The Morgan fingerprint density at radius 3 is 2.10 bits per heavy atom. The van der Waals surface area contributed by atoms with Gasteiger partial charge in [0, 0.05) is 37.2 Å². The normalized spacial score (nSPS) is 28.1. The Balaban J connectivity index is 0.946. The number of rotatable bonds is 11. The summed E-state index contributed by atoms with van der Waals surface area (Å²) in [5, 5.41) is 16.2. The number of likely N-dealkylation sites (N-methyl/N-ethyl adjacent to an activating group) is 1. The highest BCUT2D eigenvalue weighted by Crippen LogP contribution is 2.55. The van der Waals surface area contributed by atoms with Crippen molar-refractivity contribution in [3.63, 3.8) is 0 Å². The predicted octanol–water partition coefficient (Wildman–Crippen LogP) is 8.29. The van der Waals surface area contributed by atoms with Crippen LogP contribution >= 0.6 is 0 Å². The molecule has 0 unspecified atom stereocenters. The number of ether oxygens (including phenoxy) is 2. The molecule has 5 aliphatic rings. The summed E-state index contributed by atoms with van der Waals surface area (Å²) >= 11 is 0. The van der Waals surface area contributed by atoms with Gasteiger partial charge in [0.15, 0.2) is 6.29 Å². The van der Waals surface area contributed by atoms with Crippen molar-refractivity contribution in [1.29, 1.82) is 0 Å². The number of carbonyl (C=O) groups is 1. The summed E-state index contributed by atoms with van der Waals surface area (Å²) in [5.74, 6) is 2.38. The zero-order valence-corrected chi connectivity index (χ0v) is 29.7. The molecule has 4 aromatic carbocycles. The lowest BCUT2D eigenvalue weighted by molar-refractivity contribution is -0.252. The van der Waals surface area contributed by atoms with E-state index < -0.39 is 6.29 Å². The number of aliphatic hydroxyl groups excluding tert-OH is 1. The molecule has 1 saturated heterocycles. The van der Waals surface area contributed by atoms with Crippen LogP contribution in [0.2, 0.25) is 0 Å². The van der Waals surface area contributed by atoms with Crippen molar-refractivity contribution in [3.8, 4) is 11.1 Å². The third kappa shape index (κ3) is 7.92. The van der Waals surface area contributed by atoms with E-state index in [-0.39, 0.29) is 30.4 Å². The lowest BCUT2D eigenvalue weighted by Crippen LogP contribution is -2.61. The molecule has 4 aliphatic carbocycles. The number of carbonyl (C=O) groups excluding carboxylic acids is 1. The number of hydrogen-bond donors (Lipinski definition) is 3. The van der Waals surface area contributed by atoms with Crippen LogP contribution in [0.5, 0.6) is 0 Å². The largest absolute Gasteiger partial charge is 0.392 e. The molecule has 7 heteroatoms. The van der Waals surface area contributed by atoms with Gasteiger partial charge in [-0.05, 0) is 96.7 Å². The van der Waals surface area contributed by atoms with Crippen LogP contribution in [-0.4, -0.2) is 41.3 Å². The van der Waals surface area contributed by atoms with Crippen LogP contribution in [0.1, 0.15) is 85.2 Å². The van der Waals surface area contributed by atoms with Crippen LogP contribution in [0.15, 0.2) is 103 Å². The van der Waals surface area contributed by atoms with Gasteiger partial charge in [0.25, 0.3) is 0 Å². The number of hydrogen-bond acceptors (Lipinski definition) is 5. The van der Waals surface area contributed by atoms with E-state index in [1.807, 2.05) is 24.3 Å². The van der Waals surface area contributed by atoms with E-state index in [0.29, 0.717) is 6.54 Å². The van der Waals surface area contributed by atoms with E-state index >= 15 is 0 Å². The SMILES string of the molecule is CN(Cc1ccccc1)C[C@@H]1C[C@H](c2ccc(CO)cc2)O[C@H](c2ccc(-c3ccccc3CNC(=O)NC34CC5CC(CC(C5)C3)C4)cc2)O1. The number of nitrogens with one attached hydrogen (secondary N) is 2. The summed E-state index contributed by atoms with van der Waals surface area (Å²) in [6, 6.07) is 35.3. The summed E-state index contributed by atoms with van der Waals surface area (Å²) in [6.45, 7) is 2.11. The third-order valence-corrected chi connectivity index (χ3v) is 11.8. The minimum atomic E-state index is -0.518. The molecule has 9 rings (SSSR count). The van der Waals surface area contributed by atoms with Gasteiger partial charge in [-0.15, -0.1) is 0 Å². The lowest BCUT2D eigenvalue weighted by atomic mass is 9.53. The monoisotopic (exact) mass is 685 g/mol. The third-order valence-electron chi connectivity index (χ3n) is 11.8. The van der Waals surface area contributed by atoms with Gasteiger partial charge < -0.3 is 25.2 Å². The molecule has 3 N–H and O–H groups in total. The molecule has 0 radical (unpaired) electrons. The van der Waals surface area contributed by atoms with E-state index in [1.165, 1.54) is 24.8 Å². The van der Waals surface area contributed by atoms with E-state index in [2.05, 4.69) is 101 Å². The first-order chi connectivity index (χ1) is 24.9. The number of aliphatic hydroxyl groups is 1. The van der Waals surface area contributed by atoms with Gasteiger partial charge in [-0.3, -0.25) is 4.90 Å². The molecule has 3 atom stereocenters. The minimum Gasteiger partial charge on any atom is -0.392 e. The zero-order chi connectivity index (χ0) is 34.8. The fraction of sp³-hybridized carbons (Fsp3) is 0.432. The van der Waals surface area contributed by atoms with Crippen molar-refractivity contribution >= 4 is 6.03 Å². The van der Waals surface area contributed by atoms with Gasteiger partial charge in [0.05, 0.1) is 18.8 Å². The van der Waals surface area contributed by atoms with Crippen molar-refractivity contribution < 1.29 is 19.4 Å². The maximum Gasteiger partial charge on any atom is 0.315 e. The molecule has 1 aliphatic heterocycles. The molecule has 0 aromatic heterocycles. The fourth-order valence-electron chi connectivity index (χ4n) is 9.84. The lowest BCUT2D eigenvalue weighted by Gasteiger charge is -2.56. The Labute approximate surface area is 302 Å². The van der Waals surface area contributed by atoms with Crippen LogP contribution in [0.3, 0.4) is 0 Å². The van der Waals surface area contributed by atoms with Crippen molar-refractivity contribution in [3.05, 3.63) is 131 Å². The molecular formula is C44H51N3O4. The van der Waals surface area contributed by atoms with Gasteiger partial charge in [-0.25, -0.2) is 4.79 Å². The van der Waals surface area contributed by atoms with Crippen molar-refractivity contribution in [2.75, 3.05) is 13.6 Å². The van der Waals surface area contributed by atoms with Gasteiger partial charge in [-0.1, -0.05) is 103 Å². The first kappa shape index (κ1) is 34.1. The minimum absolute atomic E-state index is 0.00432. The molecule has 266 valence electrons.